The summed E-state index contributed by atoms with van der Waals surface area (Å²) in [6.45, 7) is 1.27. The molecule has 0 bridgehead atoms. The molecule has 0 aromatic rings. The van der Waals surface area contributed by atoms with Crippen molar-refractivity contribution in [2.24, 2.45) is 0 Å². The van der Waals surface area contributed by atoms with Gasteiger partial charge in [-0.25, -0.2) is 4.84 Å². The summed E-state index contributed by atoms with van der Waals surface area (Å²) in [6, 6.07) is 0. The highest BCUT2D eigenvalue weighted by atomic mass is 35.5. The molecule has 0 aliphatic carbocycles. The standard InChI is InChI=1S/C8H14ClNO3/c1-12-7(11)6-8(10-9)2-4-13-5-3-8/h10H,2-6H2,1H3. The third-order valence-corrected chi connectivity index (χ3v) is 2.76. The van der Waals surface area contributed by atoms with E-state index in [-0.39, 0.29) is 11.5 Å². The maximum absolute atomic E-state index is 11.1. The van der Waals surface area contributed by atoms with Gasteiger partial charge in [0.25, 0.3) is 0 Å². The van der Waals surface area contributed by atoms with Gasteiger partial charge in [-0.2, -0.15) is 0 Å². The zero-order valence-corrected chi connectivity index (χ0v) is 8.39. The lowest BCUT2D eigenvalue weighted by Crippen LogP contribution is -2.46. The number of ether oxygens (including phenoxy) is 2. The Hall–Kier alpha value is -0.320. The molecule has 1 aliphatic rings. The van der Waals surface area contributed by atoms with Crippen LogP contribution < -0.4 is 4.84 Å². The average Bonchev–Trinajstić information content (AvgIpc) is 2.19. The van der Waals surface area contributed by atoms with Crippen LogP contribution in [0.2, 0.25) is 0 Å². The Bertz CT molecular complexity index is 180. The molecule has 1 fully saturated rings. The van der Waals surface area contributed by atoms with Crippen LogP contribution in [-0.4, -0.2) is 31.8 Å². The second-order valence-corrected chi connectivity index (χ2v) is 3.43. The van der Waals surface area contributed by atoms with Gasteiger partial charge in [0.15, 0.2) is 0 Å². The molecule has 0 radical (unpaired) electrons. The van der Waals surface area contributed by atoms with Gasteiger partial charge in [0.2, 0.25) is 0 Å². The topological polar surface area (TPSA) is 47.6 Å². The minimum absolute atomic E-state index is 0.241. The van der Waals surface area contributed by atoms with Crippen molar-refractivity contribution in [2.75, 3.05) is 20.3 Å². The Morgan fingerprint density at radius 2 is 2.23 bits per heavy atom. The molecule has 0 aromatic heterocycles. The van der Waals surface area contributed by atoms with Crippen LogP contribution in [0.3, 0.4) is 0 Å². The molecule has 1 aliphatic heterocycles. The first kappa shape index (κ1) is 10.8. The van der Waals surface area contributed by atoms with Crippen LogP contribution >= 0.6 is 11.8 Å². The van der Waals surface area contributed by atoms with Crippen molar-refractivity contribution < 1.29 is 14.3 Å². The second kappa shape index (κ2) is 4.79. The number of hydrogen-bond donors (Lipinski definition) is 1. The lowest BCUT2D eigenvalue weighted by Gasteiger charge is -2.34. The summed E-state index contributed by atoms with van der Waals surface area (Å²) in [7, 11) is 1.38. The molecule has 0 saturated carbocycles. The summed E-state index contributed by atoms with van der Waals surface area (Å²) in [5, 5.41) is 0. The van der Waals surface area contributed by atoms with Gasteiger partial charge in [-0.05, 0) is 24.6 Å². The average molecular weight is 208 g/mol. The van der Waals surface area contributed by atoms with E-state index in [0.29, 0.717) is 19.6 Å². The summed E-state index contributed by atoms with van der Waals surface area (Å²) in [6.07, 6.45) is 1.79. The van der Waals surface area contributed by atoms with Crippen LogP contribution in [-0.2, 0) is 14.3 Å². The molecule has 0 atom stereocenters. The van der Waals surface area contributed by atoms with Crippen molar-refractivity contribution in [2.45, 2.75) is 24.8 Å². The number of carbonyl (C=O) groups excluding carboxylic acids is 1. The summed E-state index contributed by atoms with van der Waals surface area (Å²) in [5.41, 5.74) is -0.340. The summed E-state index contributed by atoms with van der Waals surface area (Å²) in [5.74, 6) is -0.241. The Balaban J connectivity index is 2.52. The lowest BCUT2D eigenvalue weighted by atomic mass is 9.88. The van der Waals surface area contributed by atoms with E-state index in [9.17, 15) is 4.79 Å². The first-order chi connectivity index (χ1) is 6.22. The molecule has 0 aromatic carbocycles. The Morgan fingerprint density at radius 1 is 1.62 bits per heavy atom. The van der Waals surface area contributed by atoms with E-state index < -0.39 is 0 Å². The zero-order valence-electron chi connectivity index (χ0n) is 7.64. The maximum atomic E-state index is 11.1. The van der Waals surface area contributed by atoms with Crippen LogP contribution in [0.1, 0.15) is 19.3 Å². The smallest absolute Gasteiger partial charge is 0.307 e. The Kier molecular flexibility index (Phi) is 3.96. The van der Waals surface area contributed by atoms with E-state index in [0.717, 1.165) is 12.8 Å². The van der Waals surface area contributed by atoms with Gasteiger partial charge in [0.1, 0.15) is 0 Å². The van der Waals surface area contributed by atoms with Crippen LogP contribution in [0.15, 0.2) is 0 Å². The summed E-state index contributed by atoms with van der Waals surface area (Å²) < 4.78 is 9.79. The molecule has 0 spiro atoms. The van der Waals surface area contributed by atoms with Gasteiger partial charge in [0.05, 0.1) is 13.5 Å². The summed E-state index contributed by atoms with van der Waals surface area (Å²) in [4.78, 5) is 13.8. The molecular formula is C8H14ClNO3. The van der Waals surface area contributed by atoms with E-state index in [2.05, 4.69) is 9.57 Å². The Morgan fingerprint density at radius 3 is 2.69 bits per heavy atom. The highest BCUT2D eigenvalue weighted by Crippen LogP contribution is 2.25. The minimum Gasteiger partial charge on any atom is -0.469 e. The van der Waals surface area contributed by atoms with Gasteiger partial charge in [-0.3, -0.25) is 4.79 Å². The largest absolute Gasteiger partial charge is 0.469 e. The molecule has 76 valence electrons. The third-order valence-electron chi connectivity index (χ3n) is 2.36. The van der Waals surface area contributed by atoms with Crippen LogP contribution in [0.25, 0.3) is 0 Å². The van der Waals surface area contributed by atoms with Gasteiger partial charge >= 0.3 is 5.97 Å². The van der Waals surface area contributed by atoms with Crippen molar-refractivity contribution in [3.05, 3.63) is 0 Å². The fraction of sp³-hybridized carbons (Fsp3) is 0.875. The number of methoxy groups -OCH3 is 1. The number of nitrogens with one attached hydrogen (secondary N) is 1. The molecule has 1 heterocycles. The van der Waals surface area contributed by atoms with Crippen LogP contribution in [0.5, 0.6) is 0 Å². The van der Waals surface area contributed by atoms with E-state index in [1.54, 1.807) is 0 Å². The number of rotatable bonds is 3. The van der Waals surface area contributed by atoms with Crippen LogP contribution in [0, 0.1) is 0 Å². The molecule has 4 nitrogen and oxygen atoms in total. The monoisotopic (exact) mass is 207 g/mol. The molecular weight excluding hydrogens is 194 g/mol. The fourth-order valence-electron chi connectivity index (χ4n) is 1.42. The first-order valence-electron chi connectivity index (χ1n) is 4.25. The molecule has 5 heteroatoms. The second-order valence-electron chi connectivity index (χ2n) is 3.24. The van der Waals surface area contributed by atoms with E-state index in [1.165, 1.54) is 7.11 Å². The van der Waals surface area contributed by atoms with Crippen molar-refractivity contribution in [1.82, 2.24) is 4.84 Å². The van der Waals surface area contributed by atoms with Crippen molar-refractivity contribution in [3.8, 4) is 0 Å². The molecule has 0 amide bonds. The predicted molar refractivity (Wildman–Crippen MR) is 48.4 cm³/mol. The highest BCUT2D eigenvalue weighted by Gasteiger charge is 2.34. The van der Waals surface area contributed by atoms with Crippen LogP contribution in [0.4, 0.5) is 0 Å². The molecule has 0 unspecified atom stereocenters. The Labute approximate surface area is 82.6 Å². The molecule has 13 heavy (non-hydrogen) atoms. The number of hydrogen-bond acceptors (Lipinski definition) is 4. The van der Waals surface area contributed by atoms with Gasteiger partial charge in [-0.1, -0.05) is 0 Å². The van der Waals surface area contributed by atoms with Gasteiger partial charge < -0.3 is 9.47 Å². The van der Waals surface area contributed by atoms with E-state index in [4.69, 9.17) is 16.5 Å². The molecule has 1 rings (SSSR count). The lowest BCUT2D eigenvalue weighted by molar-refractivity contribution is -0.143. The van der Waals surface area contributed by atoms with E-state index in [1.807, 2.05) is 0 Å². The minimum atomic E-state index is -0.340. The maximum Gasteiger partial charge on any atom is 0.307 e. The van der Waals surface area contributed by atoms with Crippen molar-refractivity contribution in [3.63, 3.8) is 0 Å². The van der Waals surface area contributed by atoms with Gasteiger partial charge in [-0.15, -0.1) is 0 Å². The van der Waals surface area contributed by atoms with Crippen molar-refractivity contribution >= 4 is 17.7 Å². The van der Waals surface area contributed by atoms with E-state index >= 15 is 0 Å². The quantitative estimate of drug-likeness (QED) is 0.551. The normalized spacial score (nSPS) is 21.1. The SMILES string of the molecule is COC(=O)CC1(NCl)CCOCC1. The predicted octanol–water partition coefficient (Wildman–Crippen LogP) is 0.842. The third kappa shape index (κ3) is 2.83. The number of halogens is 1. The highest BCUT2D eigenvalue weighted by molar-refractivity contribution is 6.14. The number of carbonyl (C=O) groups is 1. The first-order valence-corrected chi connectivity index (χ1v) is 4.63. The van der Waals surface area contributed by atoms with Crippen molar-refractivity contribution in [1.29, 1.82) is 0 Å². The summed E-state index contributed by atoms with van der Waals surface area (Å²) >= 11 is 5.62. The molecule has 1 saturated heterocycles. The fourth-order valence-corrected chi connectivity index (χ4v) is 1.67. The zero-order chi connectivity index (χ0) is 9.73. The van der Waals surface area contributed by atoms with Gasteiger partial charge in [0, 0.05) is 18.8 Å². The molecule has 1 N–H and O–H groups in total. The number of esters is 1.